The lowest BCUT2D eigenvalue weighted by Gasteiger charge is -2.14. The third-order valence-electron chi connectivity index (χ3n) is 5.60. The standard InChI is InChI=1S/C26H26N2O3/c1-4-28-18(3)22-24(23(28)20-14-10-7-11-15-20)27(16-19-12-8-6-9-13-19)17-21(25(22)29)26(30)31-5-2/h6-15,17H,4-5,16H2,1-3H3. The van der Waals surface area contributed by atoms with E-state index >= 15 is 0 Å². The lowest BCUT2D eigenvalue weighted by Crippen LogP contribution is -2.21. The van der Waals surface area contributed by atoms with Gasteiger partial charge in [0.05, 0.1) is 23.2 Å². The van der Waals surface area contributed by atoms with Crippen LogP contribution in [-0.2, 0) is 17.8 Å². The van der Waals surface area contributed by atoms with Crippen LogP contribution in [0.4, 0.5) is 0 Å². The van der Waals surface area contributed by atoms with E-state index in [0.717, 1.165) is 28.0 Å². The van der Waals surface area contributed by atoms with Gasteiger partial charge in [-0.1, -0.05) is 60.7 Å². The minimum atomic E-state index is -0.582. The summed E-state index contributed by atoms with van der Waals surface area (Å²) in [6.07, 6.45) is 1.65. The summed E-state index contributed by atoms with van der Waals surface area (Å²) >= 11 is 0. The van der Waals surface area contributed by atoms with E-state index in [1.165, 1.54) is 0 Å². The molecule has 0 aliphatic heterocycles. The molecule has 2 aromatic carbocycles. The molecule has 0 saturated heterocycles. The van der Waals surface area contributed by atoms with Crippen LogP contribution >= 0.6 is 0 Å². The van der Waals surface area contributed by atoms with Gasteiger partial charge in [0.2, 0.25) is 5.43 Å². The van der Waals surface area contributed by atoms with Gasteiger partial charge in [0, 0.05) is 30.5 Å². The number of nitrogens with zero attached hydrogens (tertiary/aromatic N) is 2. The highest BCUT2D eigenvalue weighted by Gasteiger charge is 2.24. The number of aromatic nitrogens is 2. The van der Waals surface area contributed by atoms with Gasteiger partial charge in [-0.25, -0.2) is 4.79 Å². The van der Waals surface area contributed by atoms with Gasteiger partial charge in [-0.05, 0) is 26.3 Å². The van der Waals surface area contributed by atoms with E-state index in [0.29, 0.717) is 18.5 Å². The van der Waals surface area contributed by atoms with Crippen molar-refractivity contribution in [1.29, 1.82) is 0 Å². The number of pyridine rings is 1. The smallest absolute Gasteiger partial charge is 0.343 e. The van der Waals surface area contributed by atoms with Gasteiger partial charge in [0.1, 0.15) is 5.56 Å². The fourth-order valence-electron chi connectivity index (χ4n) is 4.23. The molecule has 158 valence electrons. The Morgan fingerprint density at radius 2 is 1.61 bits per heavy atom. The molecule has 5 heteroatoms. The predicted octanol–water partition coefficient (Wildman–Crippen LogP) is 5.02. The van der Waals surface area contributed by atoms with Crippen LogP contribution in [0.3, 0.4) is 0 Å². The van der Waals surface area contributed by atoms with Crippen molar-refractivity contribution in [1.82, 2.24) is 9.13 Å². The van der Waals surface area contributed by atoms with Crippen molar-refractivity contribution in [3.8, 4) is 11.3 Å². The predicted molar refractivity (Wildman–Crippen MR) is 124 cm³/mol. The highest BCUT2D eigenvalue weighted by Crippen LogP contribution is 2.33. The summed E-state index contributed by atoms with van der Waals surface area (Å²) in [6, 6.07) is 20.1. The SMILES string of the molecule is CCOC(=O)c1cn(Cc2ccccc2)c2c(-c3ccccc3)n(CC)c(C)c2c1=O. The molecule has 2 aromatic heterocycles. The Balaban J connectivity index is 2.10. The van der Waals surface area contributed by atoms with E-state index in [1.807, 2.05) is 60.0 Å². The minimum Gasteiger partial charge on any atom is -0.462 e. The van der Waals surface area contributed by atoms with Crippen molar-refractivity contribution in [2.24, 2.45) is 0 Å². The molecule has 0 fully saturated rings. The van der Waals surface area contributed by atoms with Gasteiger partial charge in [-0.15, -0.1) is 0 Å². The number of carbonyl (C=O) groups is 1. The molecule has 31 heavy (non-hydrogen) atoms. The molecule has 5 nitrogen and oxygen atoms in total. The summed E-state index contributed by atoms with van der Waals surface area (Å²) in [6.45, 7) is 7.23. The van der Waals surface area contributed by atoms with Crippen molar-refractivity contribution in [3.05, 3.63) is 93.9 Å². The lowest BCUT2D eigenvalue weighted by molar-refractivity contribution is 0.0524. The summed E-state index contributed by atoms with van der Waals surface area (Å²) in [7, 11) is 0. The van der Waals surface area contributed by atoms with Crippen molar-refractivity contribution < 1.29 is 9.53 Å². The molecule has 0 atom stereocenters. The Morgan fingerprint density at radius 3 is 2.23 bits per heavy atom. The largest absolute Gasteiger partial charge is 0.462 e. The van der Waals surface area contributed by atoms with Crippen LogP contribution in [0, 0.1) is 6.92 Å². The number of carbonyl (C=O) groups excluding carboxylic acids is 1. The van der Waals surface area contributed by atoms with Crippen LogP contribution < -0.4 is 5.43 Å². The Bertz CT molecular complexity index is 1290. The fraction of sp³-hybridized carbons (Fsp3) is 0.231. The number of hydrogen-bond acceptors (Lipinski definition) is 3. The Hall–Kier alpha value is -3.60. The molecule has 0 spiro atoms. The third kappa shape index (κ3) is 3.67. The Labute approximate surface area is 181 Å². The molecular formula is C26H26N2O3. The number of ether oxygens (including phenoxy) is 1. The van der Waals surface area contributed by atoms with Crippen LogP contribution in [0.5, 0.6) is 0 Å². The van der Waals surface area contributed by atoms with Gasteiger partial charge in [-0.2, -0.15) is 0 Å². The summed E-state index contributed by atoms with van der Waals surface area (Å²) in [5.41, 5.74) is 4.59. The van der Waals surface area contributed by atoms with Crippen LogP contribution in [0.1, 0.15) is 35.5 Å². The maximum absolute atomic E-state index is 13.5. The summed E-state index contributed by atoms with van der Waals surface area (Å²) in [4.78, 5) is 26.1. The molecule has 0 radical (unpaired) electrons. The maximum Gasteiger partial charge on any atom is 0.343 e. The van der Waals surface area contributed by atoms with Crippen LogP contribution in [0.15, 0.2) is 71.7 Å². The molecule has 0 aliphatic carbocycles. The molecule has 4 aromatic rings. The monoisotopic (exact) mass is 414 g/mol. The second-order valence-corrected chi connectivity index (χ2v) is 7.47. The Kier molecular flexibility index (Phi) is 5.76. The molecule has 2 heterocycles. The molecule has 0 bridgehead atoms. The summed E-state index contributed by atoms with van der Waals surface area (Å²) in [5, 5.41) is 0.571. The van der Waals surface area contributed by atoms with E-state index in [4.69, 9.17) is 4.74 Å². The quantitative estimate of drug-likeness (QED) is 0.416. The average Bonchev–Trinajstić information content (AvgIpc) is 3.10. The first-order chi connectivity index (χ1) is 15.1. The van der Waals surface area contributed by atoms with Gasteiger partial charge in [-0.3, -0.25) is 4.79 Å². The van der Waals surface area contributed by atoms with Crippen LogP contribution in [-0.4, -0.2) is 21.7 Å². The second kappa shape index (κ2) is 8.64. The number of esters is 1. The topological polar surface area (TPSA) is 53.2 Å². The van der Waals surface area contributed by atoms with Crippen LogP contribution in [0.25, 0.3) is 22.2 Å². The molecule has 4 rings (SSSR count). The number of benzene rings is 2. The zero-order valence-corrected chi connectivity index (χ0v) is 18.1. The molecule has 0 aliphatic rings. The fourth-order valence-corrected chi connectivity index (χ4v) is 4.23. The van der Waals surface area contributed by atoms with Gasteiger partial charge < -0.3 is 13.9 Å². The zero-order valence-electron chi connectivity index (χ0n) is 18.1. The summed E-state index contributed by atoms with van der Waals surface area (Å²) in [5.74, 6) is -0.582. The molecule has 0 saturated carbocycles. The first-order valence-electron chi connectivity index (χ1n) is 10.6. The van der Waals surface area contributed by atoms with Gasteiger partial charge >= 0.3 is 5.97 Å². The molecule has 0 unspecified atom stereocenters. The van der Waals surface area contributed by atoms with Gasteiger partial charge in [0.25, 0.3) is 0 Å². The molecule has 0 N–H and O–H groups in total. The number of rotatable bonds is 6. The highest BCUT2D eigenvalue weighted by atomic mass is 16.5. The number of aryl methyl sites for hydroxylation is 1. The van der Waals surface area contributed by atoms with Crippen LogP contribution in [0.2, 0.25) is 0 Å². The minimum absolute atomic E-state index is 0.0706. The number of fused-ring (bicyclic) bond motifs is 1. The zero-order chi connectivity index (χ0) is 22.0. The van der Waals surface area contributed by atoms with E-state index < -0.39 is 5.97 Å². The van der Waals surface area contributed by atoms with Crippen molar-refractivity contribution in [3.63, 3.8) is 0 Å². The summed E-state index contributed by atoms with van der Waals surface area (Å²) < 4.78 is 9.36. The van der Waals surface area contributed by atoms with E-state index in [1.54, 1.807) is 13.1 Å². The maximum atomic E-state index is 13.5. The normalized spacial score (nSPS) is 11.1. The molecule has 0 amide bonds. The van der Waals surface area contributed by atoms with E-state index in [-0.39, 0.29) is 17.6 Å². The highest BCUT2D eigenvalue weighted by molar-refractivity contribution is 6.00. The first-order valence-corrected chi connectivity index (χ1v) is 10.6. The lowest BCUT2D eigenvalue weighted by atomic mass is 10.1. The molecular weight excluding hydrogens is 388 g/mol. The van der Waals surface area contributed by atoms with Crippen molar-refractivity contribution in [2.75, 3.05) is 6.61 Å². The second-order valence-electron chi connectivity index (χ2n) is 7.47. The third-order valence-corrected chi connectivity index (χ3v) is 5.60. The van der Waals surface area contributed by atoms with Gasteiger partial charge in [0.15, 0.2) is 0 Å². The average molecular weight is 415 g/mol. The van der Waals surface area contributed by atoms with Crippen molar-refractivity contribution in [2.45, 2.75) is 33.9 Å². The van der Waals surface area contributed by atoms with E-state index in [9.17, 15) is 9.59 Å². The Morgan fingerprint density at radius 1 is 0.968 bits per heavy atom. The first kappa shape index (κ1) is 20.7. The number of hydrogen-bond donors (Lipinski definition) is 0. The van der Waals surface area contributed by atoms with E-state index in [2.05, 4.69) is 23.6 Å². The van der Waals surface area contributed by atoms with Crippen molar-refractivity contribution >= 4 is 16.9 Å².